The smallest absolute Gasteiger partial charge is 0.146 e. The molecule has 0 atom stereocenters. The number of benzene rings is 1. The van der Waals surface area contributed by atoms with Gasteiger partial charge in [-0.3, -0.25) is 0 Å². The fourth-order valence-electron chi connectivity index (χ4n) is 2.38. The maximum absolute atomic E-state index is 14.2. The number of halogens is 1. The molecule has 4 heteroatoms. The van der Waals surface area contributed by atoms with Crippen LogP contribution in [-0.2, 0) is 6.54 Å². The standard InChI is InChI=1S/C17H29FN2O/c1-14(2)12-19-13-15-8-7-9-16(18)17(15)20(3)10-5-4-6-11-21/h7-9,14,19,21H,4-6,10-13H2,1-3H3. The SMILES string of the molecule is CC(C)CNCc1cccc(F)c1N(C)CCCCCO. The van der Waals surface area contributed by atoms with E-state index < -0.39 is 0 Å². The van der Waals surface area contributed by atoms with Gasteiger partial charge in [0.15, 0.2) is 0 Å². The average Bonchev–Trinajstić information content (AvgIpc) is 2.43. The van der Waals surface area contributed by atoms with E-state index in [1.165, 1.54) is 6.07 Å². The third-order valence-corrected chi connectivity index (χ3v) is 3.47. The van der Waals surface area contributed by atoms with Crippen molar-refractivity contribution in [2.75, 3.05) is 31.6 Å². The van der Waals surface area contributed by atoms with Gasteiger partial charge in [-0.1, -0.05) is 26.0 Å². The first-order chi connectivity index (χ1) is 10.1. The highest BCUT2D eigenvalue weighted by atomic mass is 19.1. The molecule has 2 N–H and O–H groups in total. The van der Waals surface area contributed by atoms with Gasteiger partial charge in [-0.05, 0) is 43.4 Å². The fourth-order valence-corrected chi connectivity index (χ4v) is 2.38. The summed E-state index contributed by atoms with van der Waals surface area (Å²) in [6.45, 7) is 6.97. The maximum Gasteiger partial charge on any atom is 0.146 e. The van der Waals surface area contributed by atoms with Crippen LogP contribution in [0.15, 0.2) is 18.2 Å². The van der Waals surface area contributed by atoms with Crippen molar-refractivity contribution in [1.82, 2.24) is 5.32 Å². The Kier molecular flexibility index (Phi) is 8.31. The van der Waals surface area contributed by atoms with Crippen molar-refractivity contribution in [1.29, 1.82) is 0 Å². The molecule has 0 aliphatic heterocycles. The molecule has 0 fully saturated rings. The number of para-hydroxylation sites is 1. The largest absolute Gasteiger partial charge is 0.396 e. The number of unbranched alkanes of at least 4 members (excludes halogenated alkanes) is 2. The average molecular weight is 296 g/mol. The van der Waals surface area contributed by atoms with Gasteiger partial charge in [-0.15, -0.1) is 0 Å². The van der Waals surface area contributed by atoms with E-state index in [9.17, 15) is 4.39 Å². The van der Waals surface area contributed by atoms with Crippen molar-refractivity contribution in [2.45, 2.75) is 39.7 Å². The van der Waals surface area contributed by atoms with E-state index in [0.717, 1.165) is 37.9 Å². The number of anilines is 1. The topological polar surface area (TPSA) is 35.5 Å². The minimum atomic E-state index is -0.163. The summed E-state index contributed by atoms with van der Waals surface area (Å²) in [6.07, 6.45) is 2.74. The lowest BCUT2D eigenvalue weighted by Crippen LogP contribution is -2.24. The summed E-state index contributed by atoms with van der Waals surface area (Å²) >= 11 is 0. The molecule has 1 aromatic carbocycles. The minimum absolute atomic E-state index is 0.163. The van der Waals surface area contributed by atoms with E-state index in [4.69, 9.17) is 5.11 Å². The molecule has 0 aromatic heterocycles. The van der Waals surface area contributed by atoms with Crippen molar-refractivity contribution in [3.05, 3.63) is 29.6 Å². The molecule has 1 aromatic rings. The molecule has 120 valence electrons. The van der Waals surface area contributed by atoms with Crippen LogP contribution in [-0.4, -0.2) is 31.9 Å². The van der Waals surface area contributed by atoms with Gasteiger partial charge in [0.1, 0.15) is 5.82 Å². The van der Waals surface area contributed by atoms with Crippen LogP contribution >= 0.6 is 0 Å². The second-order valence-electron chi connectivity index (χ2n) is 5.98. The van der Waals surface area contributed by atoms with Crippen LogP contribution in [0.5, 0.6) is 0 Å². The molecule has 0 saturated heterocycles. The van der Waals surface area contributed by atoms with E-state index in [0.29, 0.717) is 18.2 Å². The highest BCUT2D eigenvalue weighted by molar-refractivity contribution is 5.54. The van der Waals surface area contributed by atoms with Crippen molar-refractivity contribution in [3.8, 4) is 0 Å². The molecule has 0 radical (unpaired) electrons. The van der Waals surface area contributed by atoms with Crippen LogP contribution in [0.25, 0.3) is 0 Å². The van der Waals surface area contributed by atoms with Crippen LogP contribution in [0.4, 0.5) is 10.1 Å². The monoisotopic (exact) mass is 296 g/mol. The molecule has 0 saturated carbocycles. The highest BCUT2D eigenvalue weighted by Gasteiger charge is 2.12. The van der Waals surface area contributed by atoms with Gasteiger partial charge in [0, 0.05) is 26.7 Å². The van der Waals surface area contributed by atoms with Gasteiger partial charge in [0.25, 0.3) is 0 Å². The predicted octanol–water partition coefficient (Wildman–Crippen LogP) is 3.17. The molecule has 3 nitrogen and oxygen atoms in total. The Bertz CT molecular complexity index is 410. The Labute approximate surface area is 128 Å². The summed E-state index contributed by atoms with van der Waals surface area (Å²) < 4.78 is 14.2. The normalized spacial score (nSPS) is 11.1. The summed E-state index contributed by atoms with van der Waals surface area (Å²) in [4.78, 5) is 1.99. The molecule has 1 rings (SSSR count). The van der Waals surface area contributed by atoms with Crippen molar-refractivity contribution in [3.63, 3.8) is 0 Å². The van der Waals surface area contributed by atoms with Crippen molar-refractivity contribution < 1.29 is 9.50 Å². The number of nitrogens with zero attached hydrogens (tertiary/aromatic N) is 1. The second kappa shape index (κ2) is 9.74. The van der Waals surface area contributed by atoms with E-state index in [1.54, 1.807) is 6.07 Å². The van der Waals surface area contributed by atoms with Gasteiger partial charge >= 0.3 is 0 Å². The predicted molar refractivity (Wildman–Crippen MR) is 87.2 cm³/mol. The molecule has 0 aliphatic rings. The molecule has 0 unspecified atom stereocenters. The zero-order valence-electron chi connectivity index (χ0n) is 13.5. The summed E-state index contributed by atoms with van der Waals surface area (Å²) in [5, 5.41) is 12.2. The lowest BCUT2D eigenvalue weighted by Gasteiger charge is -2.23. The van der Waals surface area contributed by atoms with E-state index >= 15 is 0 Å². The third kappa shape index (κ3) is 6.44. The summed E-state index contributed by atoms with van der Waals surface area (Å²) in [7, 11) is 1.93. The first-order valence-corrected chi connectivity index (χ1v) is 7.86. The van der Waals surface area contributed by atoms with Crippen LogP contribution in [0, 0.1) is 11.7 Å². The van der Waals surface area contributed by atoms with Crippen molar-refractivity contribution in [2.24, 2.45) is 5.92 Å². The van der Waals surface area contributed by atoms with Crippen LogP contribution in [0.3, 0.4) is 0 Å². The zero-order valence-corrected chi connectivity index (χ0v) is 13.5. The summed E-state index contributed by atoms with van der Waals surface area (Å²) in [6, 6.07) is 5.27. The summed E-state index contributed by atoms with van der Waals surface area (Å²) in [5.74, 6) is 0.418. The van der Waals surface area contributed by atoms with E-state index in [-0.39, 0.29) is 12.4 Å². The lowest BCUT2D eigenvalue weighted by atomic mass is 10.1. The summed E-state index contributed by atoms with van der Waals surface area (Å²) in [5.41, 5.74) is 1.69. The van der Waals surface area contributed by atoms with E-state index in [1.807, 2.05) is 18.0 Å². The first kappa shape index (κ1) is 17.9. The molecular weight excluding hydrogens is 267 g/mol. The molecular formula is C17H29FN2O. The Morgan fingerprint density at radius 1 is 1.24 bits per heavy atom. The van der Waals surface area contributed by atoms with Crippen molar-refractivity contribution >= 4 is 5.69 Å². The number of aliphatic hydroxyl groups excluding tert-OH is 1. The van der Waals surface area contributed by atoms with Gasteiger partial charge in [-0.25, -0.2) is 4.39 Å². The van der Waals surface area contributed by atoms with Gasteiger partial charge in [0.05, 0.1) is 5.69 Å². The Morgan fingerprint density at radius 3 is 2.67 bits per heavy atom. The van der Waals surface area contributed by atoms with Gasteiger partial charge in [-0.2, -0.15) is 0 Å². The number of nitrogens with one attached hydrogen (secondary N) is 1. The number of aliphatic hydroxyl groups is 1. The molecule has 0 bridgehead atoms. The van der Waals surface area contributed by atoms with Crippen LogP contribution in [0.1, 0.15) is 38.7 Å². The number of hydrogen-bond donors (Lipinski definition) is 2. The quantitative estimate of drug-likeness (QED) is 0.651. The van der Waals surface area contributed by atoms with E-state index in [2.05, 4.69) is 19.2 Å². The Hall–Kier alpha value is -1.13. The molecule has 0 aliphatic carbocycles. The van der Waals surface area contributed by atoms with Crippen LogP contribution in [0.2, 0.25) is 0 Å². The zero-order chi connectivity index (χ0) is 15.7. The minimum Gasteiger partial charge on any atom is -0.396 e. The molecule has 21 heavy (non-hydrogen) atoms. The van der Waals surface area contributed by atoms with Gasteiger partial charge < -0.3 is 15.3 Å². The first-order valence-electron chi connectivity index (χ1n) is 7.86. The van der Waals surface area contributed by atoms with Gasteiger partial charge in [0.2, 0.25) is 0 Å². The molecule has 0 spiro atoms. The highest BCUT2D eigenvalue weighted by Crippen LogP contribution is 2.24. The fraction of sp³-hybridized carbons (Fsp3) is 0.647. The Balaban J connectivity index is 2.65. The number of rotatable bonds is 10. The third-order valence-electron chi connectivity index (χ3n) is 3.47. The lowest BCUT2D eigenvalue weighted by molar-refractivity contribution is 0.283. The maximum atomic E-state index is 14.2. The van der Waals surface area contributed by atoms with Crippen LogP contribution < -0.4 is 10.2 Å². The second-order valence-corrected chi connectivity index (χ2v) is 5.98. The Morgan fingerprint density at radius 2 is 2.00 bits per heavy atom. The number of hydrogen-bond acceptors (Lipinski definition) is 3. The molecule has 0 heterocycles. The molecule has 0 amide bonds.